The summed E-state index contributed by atoms with van der Waals surface area (Å²) in [4.78, 5) is 4.27. The van der Waals surface area contributed by atoms with E-state index in [1.165, 1.54) is 24.3 Å². The van der Waals surface area contributed by atoms with Gasteiger partial charge in [-0.15, -0.1) is 0 Å². The van der Waals surface area contributed by atoms with Crippen LogP contribution in [0.25, 0.3) is 0 Å². The maximum atomic E-state index is 13.7. The summed E-state index contributed by atoms with van der Waals surface area (Å²) in [7, 11) is -8.16. The smallest absolute Gasteiger partial charge is 0.296 e. The van der Waals surface area contributed by atoms with Gasteiger partial charge in [0.1, 0.15) is 5.03 Å². The maximum absolute atomic E-state index is 13.7. The fourth-order valence-electron chi connectivity index (χ4n) is 3.32. The highest BCUT2D eigenvalue weighted by Gasteiger charge is 2.25. The SMILES string of the molecule is Cc1ccc(S(=O)(=O)OCCP(=O)(CCOS(=O)(=O)c2ccc(C)cc2)NCCCSSc2ccccn2)cc1. The van der Waals surface area contributed by atoms with E-state index in [4.69, 9.17) is 8.37 Å². The molecule has 0 spiro atoms. The van der Waals surface area contributed by atoms with Crippen LogP contribution in [-0.2, 0) is 33.2 Å². The van der Waals surface area contributed by atoms with Gasteiger partial charge < -0.3 is 4.57 Å². The largest absolute Gasteiger partial charge is 0.307 e. The van der Waals surface area contributed by atoms with Crippen molar-refractivity contribution in [3.8, 4) is 0 Å². The number of nitrogens with one attached hydrogen (secondary N) is 1. The molecule has 2 aromatic carbocycles. The zero-order chi connectivity index (χ0) is 29.1. The summed E-state index contributed by atoms with van der Waals surface area (Å²) in [6.45, 7) is 3.43. The predicted molar refractivity (Wildman–Crippen MR) is 161 cm³/mol. The molecule has 3 rings (SSSR count). The molecule has 40 heavy (non-hydrogen) atoms. The first kappa shape index (κ1) is 32.8. The van der Waals surface area contributed by atoms with Crippen LogP contribution in [-0.4, -0.2) is 59.7 Å². The van der Waals surface area contributed by atoms with E-state index in [-0.39, 0.29) is 35.3 Å². The highest BCUT2D eigenvalue weighted by atomic mass is 33.1. The van der Waals surface area contributed by atoms with Gasteiger partial charge >= 0.3 is 0 Å². The summed E-state index contributed by atoms with van der Waals surface area (Å²) < 4.78 is 74.3. The Kier molecular flexibility index (Phi) is 12.7. The summed E-state index contributed by atoms with van der Waals surface area (Å²) >= 11 is 0. The lowest BCUT2D eigenvalue weighted by Crippen LogP contribution is -2.23. The van der Waals surface area contributed by atoms with Gasteiger partial charge in [0.15, 0.2) is 7.29 Å². The molecular weight excluding hydrogens is 612 g/mol. The van der Waals surface area contributed by atoms with Gasteiger partial charge in [0, 0.05) is 30.8 Å². The van der Waals surface area contributed by atoms with E-state index in [1.54, 1.807) is 52.1 Å². The second-order valence-corrected chi connectivity index (χ2v) is 17.5. The van der Waals surface area contributed by atoms with Crippen molar-refractivity contribution in [2.75, 3.05) is 37.8 Å². The Labute approximate surface area is 244 Å². The normalized spacial score (nSPS) is 12.4. The van der Waals surface area contributed by atoms with Crippen molar-refractivity contribution in [3.63, 3.8) is 0 Å². The summed E-state index contributed by atoms with van der Waals surface area (Å²) in [5.74, 6) is 0.755. The van der Waals surface area contributed by atoms with Crippen molar-refractivity contribution in [2.45, 2.75) is 35.1 Å². The topological polar surface area (TPSA) is 129 Å². The second-order valence-electron chi connectivity index (χ2n) is 8.85. The Hall–Kier alpha value is -1.70. The van der Waals surface area contributed by atoms with Gasteiger partial charge in [-0.05, 0) is 67.5 Å². The van der Waals surface area contributed by atoms with Crippen LogP contribution in [0.5, 0.6) is 0 Å². The molecule has 0 amide bonds. The zero-order valence-electron chi connectivity index (χ0n) is 22.3. The lowest BCUT2D eigenvalue weighted by Gasteiger charge is -2.20. The molecule has 218 valence electrons. The highest BCUT2D eigenvalue weighted by Crippen LogP contribution is 2.41. The monoisotopic (exact) mass is 644 g/mol. The number of aromatic nitrogens is 1. The van der Waals surface area contributed by atoms with Gasteiger partial charge in [0.05, 0.1) is 23.0 Å². The molecule has 0 aliphatic heterocycles. The summed E-state index contributed by atoms with van der Waals surface area (Å²) in [6.07, 6.45) is 2.19. The number of benzene rings is 2. The molecule has 3 aromatic rings. The van der Waals surface area contributed by atoms with Crippen LogP contribution in [0.3, 0.4) is 0 Å². The van der Waals surface area contributed by atoms with Gasteiger partial charge in [-0.25, -0.2) is 4.98 Å². The minimum Gasteiger partial charge on any atom is -0.307 e. The van der Waals surface area contributed by atoms with Crippen molar-refractivity contribution in [1.29, 1.82) is 0 Å². The highest BCUT2D eigenvalue weighted by molar-refractivity contribution is 8.76. The molecule has 0 aliphatic carbocycles. The zero-order valence-corrected chi connectivity index (χ0v) is 26.4. The Morgan fingerprint density at radius 3 is 1.80 bits per heavy atom. The van der Waals surface area contributed by atoms with E-state index in [0.717, 1.165) is 21.9 Å². The third-order valence-electron chi connectivity index (χ3n) is 5.59. The molecule has 14 heteroatoms. The average molecular weight is 645 g/mol. The van der Waals surface area contributed by atoms with Gasteiger partial charge in [-0.3, -0.25) is 13.5 Å². The Morgan fingerprint density at radius 2 is 1.32 bits per heavy atom. The van der Waals surface area contributed by atoms with Gasteiger partial charge in [-0.1, -0.05) is 52.3 Å². The number of pyridine rings is 1. The van der Waals surface area contributed by atoms with Crippen molar-refractivity contribution >= 4 is 49.1 Å². The summed E-state index contributed by atoms with van der Waals surface area (Å²) in [5.41, 5.74) is 1.81. The van der Waals surface area contributed by atoms with Gasteiger partial charge in [0.2, 0.25) is 0 Å². The number of rotatable bonds is 17. The van der Waals surface area contributed by atoms with E-state index in [2.05, 4.69) is 10.1 Å². The van der Waals surface area contributed by atoms with E-state index < -0.39 is 27.5 Å². The standard InChI is InChI=1S/C26H33N2O7PS4/c1-22-7-11-24(12-8-22)39(30,31)34-17-19-36(29,28-16-5-21-37-38-26-6-3-4-15-27-26)20-18-35-40(32,33)25-13-9-23(2)10-14-25/h3-4,6-15H,5,16-21H2,1-2H3,(H,28,29). The first-order valence-corrected chi connectivity index (χ1v) is 19.7. The molecule has 9 nitrogen and oxygen atoms in total. The third-order valence-corrected chi connectivity index (χ3v) is 13.2. The molecule has 0 unspecified atom stereocenters. The second kappa shape index (κ2) is 15.5. The summed E-state index contributed by atoms with van der Waals surface area (Å²) in [6, 6.07) is 18.1. The maximum Gasteiger partial charge on any atom is 0.296 e. The van der Waals surface area contributed by atoms with Crippen LogP contribution in [0.2, 0.25) is 0 Å². The predicted octanol–water partition coefficient (Wildman–Crippen LogP) is 5.51. The molecule has 1 N–H and O–H groups in total. The van der Waals surface area contributed by atoms with Crippen LogP contribution in [0.15, 0.2) is 87.7 Å². The van der Waals surface area contributed by atoms with Crippen LogP contribution >= 0.6 is 28.9 Å². The molecular formula is C26H33N2O7PS4. The molecule has 1 heterocycles. The van der Waals surface area contributed by atoms with Crippen molar-refractivity contribution in [1.82, 2.24) is 10.1 Å². The number of aryl methyl sites for hydroxylation is 2. The first-order chi connectivity index (χ1) is 19.0. The van der Waals surface area contributed by atoms with E-state index in [0.29, 0.717) is 13.0 Å². The van der Waals surface area contributed by atoms with Crippen molar-refractivity contribution in [2.24, 2.45) is 0 Å². The lowest BCUT2D eigenvalue weighted by molar-refractivity contribution is 0.332. The fraction of sp³-hybridized carbons (Fsp3) is 0.346. The quantitative estimate of drug-likeness (QED) is 0.0865. The molecule has 0 fully saturated rings. The van der Waals surface area contributed by atoms with E-state index in [1.807, 2.05) is 32.0 Å². The van der Waals surface area contributed by atoms with Crippen LogP contribution < -0.4 is 5.09 Å². The van der Waals surface area contributed by atoms with Crippen molar-refractivity contribution < 1.29 is 29.8 Å². The Bertz CT molecular complexity index is 1380. The summed E-state index contributed by atoms with van der Waals surface area (Å²) in [5, 5.41) is 3.92. The van der Waals surface area contributed by atoms with Crippen LogP contribution in [0.1, 0.15) is 17.5 Å². The molecule has 0 bridgehead atoms. The molecule has 1 aromatic heterocycles. The molecule has 0 atom stereocenters. The average Bonchev–Trinajstić information content (AvgIpc) is 2.91. The van der Waals surface area contributed by atoms with E-state index >= 15 is 0 Å². The van der Waals surface area contributed by atoms with Gasteiger partial charge in [0.25, 0.3) is 20.2 Å². The number of nitrogens with zero attached hydrogens (tertiary/aromatic N) is 1. The van der Waals surface area contributed by atoms with Crippen LogP contribution in [0, 0.1) is 13.8 Å². The molecule has 0 aliphatic rings. The fourth-order valence-corrected chi connectivity index (χ4v) is 9.22. The van der Waals surface area contributed by atoms with Crippen LogP contribution in [0.4, 0.5) is 0 Å². The molecule has 0 radical (unpaired) electrons. The lowest BCUT2D eigenvalue weighted by atomic mass is 10.2. The third kappa shape index (κ3) is 10.9. The number of hydrogen-bond donors (Lipinski definition) is 1. The van der Waals surface area contributed by atoms with E-state index in [9.17, 15) is 21.4 Å². The Morgan fingerprint density at radius 1 is 0.800 bits per heavy atom. The Balaban J connectivity index is 1.55. The minimum atomic E-state index is -4.03. The minimum absolute atomic E-state index is 0.0100. The van der Waals surface area contributed by atoms with Crippen molar-refractivity contribution in [3.05, 3.63) is 84.1 Å². The van der Waals surface area contributed by atoms with Gasteiger partial charge in [-0.2, -0.15) is 16.8 Å². The molecule has 0 saturated carbocycles. The first-order valence-electron chi connectivity index (χ1n) is 12.5. The number of hydrogen-bond acceptors (Lipinski definition) is 10. The molecule has 0 saturated heterocycles.